The molecule has 1 aromatic heterocycles. The van der Waals surface area contributed by atoms with Gasteiger partial charge in [-0.15, -0.1) is 0 Å². The smallest absolute Gasteiger partial charge is 0.225 e. The molecule has 0 aromatic carbocycles. The molecule has 5 nitrogen and oxygen atoms in total. The van der Waals surface area contributed by atoms with Crippen LogP contribution in [-0.4, -0.2) is 40.3 Å². The minimum atomic E-state index is -0.111. The van der Waals surface area contributed by atoms with E-state index in [0.29, 0.717) is 6.04 Å². The second-order valence-electron chi connectivity index (χ2n) is 7.49. The Morgan fingerprint density at radius 2 is 1.65 bits per heavy atom. The van der Waals surface area contributed by atoms with Gasteiger partial charge in [0.1, 0.15) is 0 Å². The van der Waals surface area contributed by atoms with Crippen molar-refractivity contribution in [3.8, 4) is 0 Å². The molecule has 1 aromatic rings. The van der Waals surface area contributed by atoms with Crippen LogP contribution in [0.4, 0.5) is 11.6 Å². The zero-order chi connectivity index (χ0) is 16.2. The molecule has 3 rings (SSSR count). The number of aromatic nitrogens is 2. The molecule has 0 spiro atoms. The van der Waals surface area contributed by atoms with E-state index in [0.717, 1.165) is 62.2 Å². The second-order valence-corrected chi connectivity index (χ2v) is 7.49. The maximum absolute atomic E-state index is 9.57. The zero-order valence-corrected chi connectivity index (χ0v) is 14.4. The number of rotatable bonds is 4. The fraction of sp³-hybridized carbons (Fsp3) is 0.778. The highest BCUT2D eigenvalue weighted by atomic mass is 16.3. The predicted molar refractivity (Wildman–Crippen MR) is 93.7 cm³/mol. The molecule has 2 heterocycles. The fourth-order valence-corrected chi connectivity index (χ4v) is 3.78. The highest BCUT2D eigenvalue weighted by Crippen LogP contribution is 2.27. The van der Waals surface area contributed by atoms with Crippen LogP contribution in [0.5, 0.6) is 0 Å². The Kier molecular flexibility index (Phi) is 5.36. The van der Waals surface area contributed by atoms with Crippen molar-refractivity contribution in [2.24, 2.45) is 11.8 Å². The van der Waals surface area contributed by atoms with Crippen molar-refractivity contribution in [2.75, 3.05) is 23.3 Å². The molecule has 1 saturated carbocycles. The average molecular weight is 318 g/mol. The second kappa shape index (κ2) is 7.47. The van der Waals surface area contributed by atoms with Gasteiger partial charge in [-0.3, -0.25) is 0 Å². The molecule has 0 atom stereocenters. The topological polar surface area (TPSA) is 61.3 Å². The van der Waals surface area contributed by atoms with Crippen LogP contribution in [0.3, 0.4) is 0 Å². The first kappa shape index (κ1) is 16.5. The molecular formula is C18H30N4O. The van der Waals surface area contributed by atoms with Crippen molar-refractivity contribution in [3.05, 3.63) is 12.4 Å². The highest BCUT2D eigenvalue weighted by molar-refractivity contribution is 5.43. The third-order valence-electron chi connectivity index (χ3n) is 5.47. The number of nitrogens with zero attached hydrogens (tertiary/aromatic N) is 3. The van der Waals surface area contributed by atoms with E-state index in [1.54, 1.807) is 0 Å². The van der Waals surface area contributed by atoms with Crippen LogP contribution in [-0.2, 0) is 0 Å². The quantitative estimate of drug-likeness (QED) is 0.893. The Labute approximate surface area is 139 Å². The van der Waals surface area contributed by atoms with E-state index in [4.69, 9.17) is 0 Å². The fourth-order valence-electron chi connectivity index (χ4n) is 3.78. The highest BCUT2D eigenvalue weighted by Gasteiger charge is 2.23. The largest absolute Gasteiger partial charge is 0.393 e. The summed E-state index contributed by atoms with van der Waals surface area (Å²) in [7, 11) is 0. The van der Waals surface area contributed by atoms with Gasteiger partial charge in [0, 0.05) is 19.1 Å². The van der Waals surface area contributed by atoms with Crippen LogP contribution in [0.1, 0.15) is 52.4 Å². The van der Waals surface area contributed by atoms with Crippen molar-refractivity contribution in [1.82, 2.24) is 9.97 Å². The molecule has 1 saturated heterocycles. The van der Waals surface area contributed by atoms with Crippen LogP contribution >= 0.6 is 0 Å². The minimum Gasteiger partial charge on any atom is -0.393 e. The summed E-state index contributed by atoms with van der Waals surface area (Å²) in [6.45, 7) is 6.77. The van der Waals surface area contributed by atoms with E-state index in [9.17, 15) is 5.11 Å². The lowest BCUT2D eigenvalue weighted by atomic mass is 9.87. The SMILES string of the molecule is CC(C)C1CCN(c2ncc(NC3CCC(O)CC3)cn2)CC1. The standard InChI is InChI=1S/C18H30N4O/c1-13(2)14-7-9-22(10-8-14)18-19-11-16(12-20-18)21-15-3-5-17(23)6-4-15/h11-15,17,21,23H,3-10H2,1-2H3. The monoisotopic (exact) mass is 318 g/mol. The summed E-state index contributed by atoms with van der Waals surface area (Å²) in [5.41, 5.74) is 0.993. The van der Waals surface area contributed by atoms with Crippen molar-refractivity contribution < 1.29 is 5.11 Å². The number of anilines is 2. The molecule has 5 heteroatoms. The van der Waals surface area contributed by atoms with E-state index < -0.39 is 0 Å². The van der Waals surface area contributed by atoms with Crippen molar-refractivity contribution in [3.63, 3.8) is 0 Å². The van der Waals surface area contributed by atoms with Crippen molar-refractivity contribution in [1.29, 1.82) is 0 Å². The van der Waals surface area contributed by atoms with E-state index in [1.165, 1.54) is 12.8 Å². The third kappa shape index (κ3) is 4.34. The summed E-state index contributed by atoms with van der Waals surface area (Å²) in [6, 6.07) is 0.439. The lowest BCUT2D eigenvalue weighted by Gasteiger charge is -2.33. The maximum Gasteiger partial charge on any atom is 0.225 e. The first-order chi connectivity index (χ1) is 11.1. The average Bonchev–Trinajstić information content (AvgIpc) is 2.58. The van der Waals surface area contributed by atoms with Gasteiger partial charge in [-0.25, -0.2) is 9.97 Å². The Bertz CT molecular complexity index is 474. The summed E-state index contributed by atoms with van der Waals surface area (Å²) in [4.78, 5) is 11.4. The lowest BCUT2D eigenvalue weighted by Crippen LogP contribution is -2.36. The predicted octanol–water partition coefficient (Wildman–Crippen LogP) is 3.06. The number of hydrogen-bond acceptors (Lipinski definition) is 5. The van der Waals surface area contributed by atoms with Gasteiger partial charge < -0.3 is 15.3 Å². The molecule has 0 radical (unpaired) electrons. The van der Waals surface area contributed by atoms with Crippen LogP contribution in [0.25, 0.3) is 0 Å². The van der Waals surface area contributed by atoms with E-state index in [-0.39, 0.29) is 6.10 Å². The maximum atomic E-state index is 9.57. The summed E-state index contributed by atoms with van der Waals surface area (Å²) in [5, 5.41) is 13.1. The number of nitrogens with one attached hydrogen (secondary N) is 1. The van der Waals surface area contributed by atoms with Gasteiger partial charge in [-0.2, -0.15) is 0 Å². The molecule has 0 amide bonds. The van der Waals surface area contributed by atoms with Crippen LogP contribution in [0.2, 0.25) is 0 Å². The normalized spacial score (nSPS) is 26.5. The molecule has 0 bridgehead atoms. The molecule has 2 aliphatic rings. The van der Waals surface area contributed by atoms with Crippen LogP contribution < -0.4 is 10.2 Å². The van der Waals surface area contributed by atoms with Gasteiger partial charge in [-0.1, -0.05) is 13.8 Å². The first-order valence-corrected chi connectivity index (χ1v) is 9.13. The number of aliphatic hydroxyl groups is 1. The number of piperidine rings is 1. The summed E-state index contributed by atoms with van der Waals surface area (Å²) >= 11 is 0. The number of hydrogen-bond donors (Lipinski definition) is 2. The van der Waals surface area contributed by atoms with Gasteiger partial charge in [0.25, 0.3) is 0 Å². The molecular weight excluding hydrogens is 288 g/mol. The summed E-state index contributed by atoms with van der Waals surface area (Å²) in [5.74, 6) is 2.48. The van der Waals surface area contributed by atoms with E-state index >= 15 is 0 Å². The Balaban J connectivity index is 1.51. The van der Waals surface area contributed by atoms with Gasteiger partial charge >= 0.3 is 0 Å². The third-order valence-corrected chi connectivity index (χ3v) is 5.47. The summed E-state index contributed by atoms with van der Waals surface area (Å²) < 4.78 is 0. The Morgan fingerprint density at radius 1 is 1.04 bits per heavy atom. The van der Waals surface area contributed by atoms with E-state index in [1.807, 2.05) is 12.4 Å². The van der Waals surface area contributed by atoms with Gasteiger partial charge in [0.15, 0.2) is 0 Å². The molecule has 128 valence electrons. The van der Waals surface area contributed by atoms with Crippen molar-refractivity contribution >= 4 is 11.6 Å². The first-order valence-electron chi connectivity index (χ1n) is 9.13. The molecule has 2 fully saturated rings. The zero-order valence-electron chi connectivity index (χ0n) is 14.4. The molecule has 2 N–H and O–H groups in total. The van der Waals surface area contributed by atoms with Gasteiger partial charge in [0.05, 0.1) is 24.2 Å². The molecule has 1 aliphatic heterocycles. The molecule has 1 aliphatic carbocycles. The van der Waals surface area contributed by atoms with E-state index in [2.05, 4.69) is 34.0 Å². The van der Waals surface area contributed by atoms with Crippen LogP contribution in [0.15, 0.2) is 12.4 Å². The van der Waals surface area contributed by atoms with Gasteiger partial charge in [-0.05, 0) is 50.4 Å². The minimum absolute atomic E-state index is 0.111. The Morgan fingerprint density at radius 3 is 2.22 bits per heavy atom. The lowest BCUT2D eigenvalue weighted by molar-refractivity contribution is 0.126. The molecule has 0 unspecified atom stereocenters. The molecule has 23 heavy (non-hydrogen) atoms. The van der Waals surface area contributed by atoms with Crippen LogP contribution in [0, 0.1) is 11.8 Å². The summed E-state index contributed by atoms with van der Waals surface area (Å²) in [6.07, 6.45) is 10.0. The number of aliphatic hydroxyl groups excluding tert-OH is 1. The van der Waals surface area contributed by atoms with Crippen molar-refractivity contribution in [2.45, 2.75) is 64.5 Å². The van der Waals surface area contributed by atoms with Gasteiger partial charge in [0.2, 0.25) is 5.95 Å². The Hall–Kier alpha value is -1.36.